The molecule has 0 bridgehead atoms. The Morgan fingerprint density at radius 2 is 1.67 bits per heavy atom. The van der Waals surface area contributed by atoms with Crippen LogP contribution in [0.4, 0.5) is 36.4 Å². The third-order valence-corrected chi connectivity index (χ3v) is 2.86. The molecule has 1 aromatic carbocycles. The molecule has 4 nitrogen and oxygen atoms in total. The van der Waals surface area contributed by atoms with Gasteiger partial charge in [-0.25, -0.2) is 17.6 Å². The molecule has 1 N–H and O–H groups in total. The molecule has 0 saturated heterocycles. The van der Waals surface area contributed by atoms with Crippen LogP contribution < -0.4 is 5.32 Å². The van der Waals surface area contributed by atoms with Gasteiger partial charge in [-0.05, 0) is 13.0 Å². The van der Waals surface area contributed by atoms with E-state index in [9.17, 15) is 35.5 Å². The number of hydrogen-bond donors (Lipinski definition) is 1. The minimum absolute atomic E-state index is 0.0516. The van der Waals surface area contributed by atoms with E-state index in [1.807, 2.05) is 0 Å². The molecule has 11 heteroatoms. The predicted octanol–water partition coefficient (Wildman–Crippen LogP) is 3.41. The van der Waals surface area contributed by atoms with Gasteiger partial charge < -0.3 is 5.32 Å². The number of nitrogens with zero attached hydrogens (tertiary/aromatic N) is 2. The van der Waals surface area contributed by atoms with Crippen molar-refractivity contribution >= 4 is 11.6 Å². The van der Waals surface area contributed by atoms with Gasteiger partial charge in [0.05, 0.1) is 5.69 Å². The Kier molecular flexibility index (Phi) is 4.54. The summed E-state index contributed by atoms with van der Waals surface area (Å²) in [6, 6.07) is 0.593. The third-order valence-electron chi connectivity index (χ3n) is 2.86. The smallest absolute Gasteiger partial charge is 0.319 e. The molecule has 1 aromatic heterocycles. The number of rotatable bonds is 3. The van der Waals surface area contributed by atoms with Crippen LogP contribution in [0.5, 0.6) is 0 Å². The van der Waals surface area contributed by atoms with E-state index in [1.165, 1.54) is 12.2 Å². The second kappa shape index (κ2) is 6.13. The van der Waals surface area contributed by atoms with Crippen LogP contribution in [-0.2, 0) is 17.5 Å². The van der Waals surface area contributed by atoms with Gasteiger partial charge >= 0.3 is 6.18 Å². The lowest BCUT2D eigenvalue weighted by atomic mass is 10.2. The highest BCUT2D eigenvalue weighted by molar-refractivity contribution is 5.90. The van der Waals surface area contributed by atoms with Crippen LogP contribution in [0.25, 0.3) is 0 Å². The summed E-state index contributed by atoms with van der Waals surface area (Å²) in [7, 11) is 0. The Morgan fingerprint density at radius 3 is 2.17 bits per heavy atom. The topological polar surface area (TPSA) is 46.9 Å². The Hall–Kier alpha value is -2.59. The maximum atomic E-state index is 13.4. The molecule has 24 heavy (non-hydrogen) atoms. The quantitative estimate of drug-likeness (QED) is 0.678. The number of aryl methyl sites for hydroxylation is 1. The Morgan fingerprint density at radius 1 is 1.12 bits per heavy atom. The number of hydrogen-bond acceptors (Lipinski definition) is 2. The minimum Gasteiger partial charge on any atom is -0.319 e. The number of nitrogens with one attached hydrogen (secondary N) is 1. The first kappa shape index (κ1) is 17.8. The van der Waals surface area contributed by atoms with Crippen molar-refractivity contribution in [3.8, 4) is 0 Å². The molecular weight excluding hydrogens is 347 g/mol. The number of carbonyl (C=O) groups excluding carboxylic acids is 1. The number of halogens is 7. The van der Waals surface area contributed by atoms with E-state index in [4.69, 9.17) is 0 Å². The number of aromatic nitrogens is 2. The highest BCUT2D eigenvalue weighted by Gasteiger charge is 2.36. The van der Waals surface area contributed by atoms with Gasteiger partial charge in [0.1, 0.15) is 17.9 Å². The average Bonchev–Trinajstić information content (AvgIpc) is 2.82. The maximum Gasteiger partial charge on any atom is 0.433 e. The molecule has 0 aliphatic rings. The molecule has 0 spiro atoms. The van der Waals surface area contributed by atoms with Gasteiger partial charge in [-0.15, -0.1) is 0 Å². The summed E-state index contributed by atoms with van der Waals surface area (Å²) < 4.78 is 91.4. The van der Waals surface area contributed by atoms with Crippen LogP contribution >= 0.6 is 0 Å². The SMILES string of the molecule is Cc1cc(C(F)(F)F)n(CC(=O)Nc2c(F)c(F)cc(F)c2F)n1. The molecule has 1 amide bonds. The van der Waals surface area contributed by atoms with E-state index in [1.54, 1.807) is 0 Å². The average molecular weight is 355 g/mol. The van der Waals surface area contributed by atoms with Gasteiger partial charge in [0, 0.05) is 6.07 Å². The van der Waals surface area contributed by atoms with E-state index in [0.29, 0.717) is 6.07 Å². The summed E-state index contributed by atoms with van der Waals surface area (Å²) in [5.41, 5.74) is -2.75. The van der Waals surface area contributed by atoms with Crippen LogP contribution in [0, 0.1) is 30.2 Å². The largest absolute Gasteiger partial charge is 0.433 e. The van der Waals surface area contributed by atoms with Crippen molar-refractivity contribution in [1.29, 1.82) is 0 Å². The molecule has 1 heterocycles. The van der Waals surface area contributed by atoms with Crippen molar-refractivity contribution in [2.24, 2.45) is 0 Å². The molecule has 0 fully saturated rings. The molecule has 0 saturated carbocycles. The lowest BCUT2D eigenvalue weighted by Crippen LogP contribution is -2.25. The Labute approximate surface area is 129 Å². The van der Waals surface area contributed by atoms with Crippen molar-refractivity contribution in [2.45, 2.75) is 19.6 Å². The predicted molar refractivity (Wildman–Crippen MR) is 66.9 cm³/mol. The molecule has 2 aromatic rings. The lowest BCUT2D eigenvalue weighted by molar-refractivity contribution is -0.144. The van der Waals surface area contributed by atoms with E-state index in [2.05, 4.69) is 5.10 Å². The highest BCUT2D eigenvalue weighted by Crippen LogP contribution is 2.30. The molecule has 0 radical (unpaired) electrons. The second-order valence-corrected chi connectivity index (χ2v) is 4.72. The van der Waals surface area contributed by atoms with Gasteiger partial charge in [-0.1, -0.05) is 0 Å². The lowest BCUT2D eigenvalue weighted by Gasteiger charge is -2.12. The maximum absolute atomic E-state index is 13.4. The van der Waals surface area contributed by atoms with Crippen molar-refractivity contribution in [3.05, 3.63) is 46.8 Å². The van der Waals surface area contributed by atoms with Gasteiger partial charge in [-0.3, -0.25) is 9.48 Å². The normalized spacial score (nSPS) is 11.7. The molecule has 0 aliphatic heterocycles. The van der Waals surface area contributed by atoms with Crippen molar-refractivity contribution in [3.63, 3.8) is 0 Å². The fraction of sp³-hybridized carbons (Fsp3) is 0.231. The van der Waals surface area contributed by atoms with Gasteiger partial charge in [0.25, 0.3) is 0 Å². The van der Waals surface area contributed by atoms with Crippen LogP contribution in [0.3, 0.4) is 0 Å². The summed E-state index contributed by atoms with van der Waals surface area (Å²) >= 11 is 0. The van der Waals surface area contributed by atoms with Gasteiger partial charge in [0.2, 0.25) is 5.91 Å². The highest BCUT2D eigenvalue weighted by atomic mass is 19.4. The first-order valence-electron chi connectivity index (χ1n) is 6.25. The first-order valence-corrected chi connectivity index (χ1v) is 6.25. The molecule has 0 unspecified atom stereocenters. The van der Waals surface area contributed by atoms with Gasteiger partial charge in [-0.2, -0.15) is 18.3 Å². The minimum atomic E-state index is -4.82. The van der Waals surface area contributed by atoms with E-state index < -0.39 is 53.3 Å². The van der Waals surface area contributed by atoms with E-state index >= 15 is 0 Å². The fourth-order valence-corrected chi connectivity index (χ4v) is 1.89. The first-order chi connectivity index (χ1) is 11.0. The summed E-state index contributed by atoms with van der Waals surface area (Å²) in [4.78, 5) is 11.7. The van der Waals surface area contributed by atoms with Crippen LogP contribution in [-0.4, -0.2) is 15.7 Å². The molecule has 0 atom stereocenters. The summed E-state index contributed by atoms with van der Waals surface area (Å²) in [5.74, 6) is -8.65. The van der Waals surface area contributed by atoms with E-state index in [0.717, 1.165) is 0 Å². The fourth-order valence-electron chi connectivity index (χ4n) is 1.89. The zero-order valence-corrected chi connectivity index (χ0v) is 11.8. The molecule has 130 valence electrons. The number of amides is 1. The zero-order chi connectivity index (χ0) is 18.2. The third kappa shape index (κ3) is 3.49. The number of anilines is 1. The van der Waals surface area contributed by atoms with Crippen LogP contribution in [0.2, 0.25) is 0 Å². The Balaban J connectivity index is 2.28. The number of benzene rings is 1. The number of alkyl halides is 3. The summed E-state index contributed by atoms with van der Waals surface area (Å²) in [5, 5.41) is 4.94. The monoisotopic (exact) mass is 355 g/mol. The second-order valence-electron chi connectivity index (χ2n) is 4.72. The summed E-state index contributed by atoms with van der Waals surface area (Å²) in [6.07, 6.45) is -4.82. The Bertz CT molecular complexity index is 772. The van der Waals surface area contributed by atoms with Crippen molar-refractivity contribution in [1.82, 2.24) is 9.78 Å². The van der Waals surface area contributed by atoms with Crippen LogP contribution in [0.15, 0.2) is 12.1 Å². The molecular formula is C13H8F7N3O. The standard InChI is InChI=1S/C13H8F7N3O/c1-5-2-8(13(18,19)20)23(22-5)4-9(24)21-12-10(16)6(14)3-7(15)11(12)17/h2-3H,4H2,1H3,(H,21,24). The van der Waals surface area contributed by atoms with Crippen molar-refractivity contribution in [2.75, 3.05) is 5.32 Å². The van der Waals surface area contributed by atoms with Gasteiger partial charge in [0.15, 0.2) is 23.3 Å². The summed E-state index contributed by atoms with van der Waals surface area (Å²) in [6.45, 7) is 0.171. The molecule has 0 aliphatic carbocycles. The van der Waals surface area contributed by atoms with Crippen molar-refractivity contribution < 1.29 is 35.5 Å². The zero-order valence-electron chi connectivity index (χ0n) is 11.8. The molecule has 2 rings (SSSR count). The van der Waals surface area contributed by atoms with E-state index in [-0.39, 0.29) is 16.4 Å². The number of carbonyl (C=O) groups is 1. The van der Waals surface area contributed by atoms with Crippen LogP contribution in [0.1, 0.15) is 11.4 Å².